The summed E-state index contributed by atoms with van der Waals surface area (Å²) >= 11 is 0.293. The molecular weight excluding hydrogens is 1340 g/mol. The van der Waals surface area contributed by atoms with Crippen molar-refractivity contribution in [3.05, 3.63) is 210 Å². The average Bonchev–Trinajstić information content (AvgIpc) is 0.731. The molecule has 33 heteroatoms. The fraction of sp³-hybridized carbons (Fsp3) is 0.172. The summed E-state index contributed by atoms with van der Waals surface area (Å²) in [5, 5.41) is 13.5. The van der Waals surface area contributed by atoms with Crippen LogP contribution in [0, 0.1) is 6.92 Å². The zero-order valence-corrected chi connectivity index (χ0v) is 54.9. The second kappa shape index (κ2) is 29.5. The molecular formula is C58H42F12Na2O15S4. The molecule has 0 amide bonds. The summed E-state index contributed by atoms with van der Waals surface area (Å²) in [6.07, 6.45) is -23.2. The Bertz CT molecular complexity index is 4100. The molecule has 0 heterocycles. The van der Waals surface area contributed by atoms with Crippen molar-refractivity contribution in [3.8, 4) is 40.2 Å². The number of alkyl halides is 12. The standard InChI is InChI=1S/C29H22F6O11S3.C29H22F6O4S.2Na/c1-42-19-7-3-17(4-8-19)27(28(30,31)32,29(33,34)35)18-5-9-20(10-6-18)44-24-14-12-22(16-26(24)49(39,40)41)48(37,38)21-11-13-23(43-2)25(15-21)47-46-45-36;1-19-3-5-20(6-4-19)27(28(30,31)32,29(33,34)35)21-7-9-23(10-8-21)39-24-13-17-26(18-14-24)40(36,37)25-15-11-22(38-2)12-16-25;;/h3-16,36H,1-2H3,(H,39,40,41);3-18H,1-2H3;;/q;;2*+1/p-2. The molecule has 474 valence electrons. The molecule has 0 aliphatic rings. The first-order valence-electron chi connectivity index (χ1n) is 24.7. The minimum absolute atomic E-state index is 0. The maximum absolute atomic E-state index is 14.5. The summed E-state index contributed by atoms with van der Waals surface area (Å²) in [6.45, 7) is 1.56. The van der Waals surface area contributed by atoms with Gasteiger partial charge in [0.15, 0.2) is 0 Å². The molecule has 0 spiro atoms. The monoisotopic (exact) mass is 1380 g/mol. The molecule has 0 saturated carbocycles. The predicted octanol–water partition coefficient (Wildman–Crippen LogP) is 7.92. The normalized spacial score (nSPS) is 12.5. The first-order valence-corrected chi connectivity index (χ1v) is 29.8. The molecule has 0 fully saturated rings. The Morgan fingerprint density at radius 2 is 0.692 bits per heavy atom. The van der Waals surface area contributed by atoms with Crippen molar-refractivity contribution in [1.29, 1.82) is 0 Å². The van der Waals surface area contributed by atoms with E-state index in [1.807, 2.05) is 0 Å². The van der Waals surface area contributed by atoms with Crippen LogP contribution in [0.2, 0.25) is 0 Å². The van der Waals surface area contributed by atoms with Gasteiger partial charge in [-0.2, -0.15) is 57.0 Å². The molecule has 0 aliphatic heterocycles. The van der Waals surface area contributed by atoms with E-state index in [2.05, 4.69) is 9.37 Å². The van der Waals surface area contributed by atoms with E-state index in [-0.39, 0.29) is 96.8 Å². The Balaban J connectivity index is 0.000000330. The fourth-order valence-corrected chi connectivity index (χ4v) is 12.9. The fourth-order valence-electron chi connectivity index (χ4n) is 9.01. The van der Waals surface area contributed by atoms with Gasteiger partial charge in [0.05, 0.1) is 62.7 Å². The molecule has 0 N–H and O–H groups in total. The van der Waals surface area contributed by atoms with Crippen LogP contribution in [0.1, 0.15) is 27.8 Å². The van der Waals surface area contributed by atoms with Crippen molar-refractivity contribution in [2.75, 3.05) is 21.3 Å². The summed E-state index contributed by atoms with van der Waals surface area (Å²) in [5.41, 5.74) is -12.7. The Labute approximate surface area is 560 Å². The van der Waals surface area contributed by atoms with Crippen LogP contribution in [-0.4, -0.2) is 75.8 Å². The minimum atomic E-state index is -5.91. The van der Waals surface area contributed by atoms with Gasteiger partial charge < -0.3 is 33.5 Å². The van der Waals surface area contributed by atoms with Gasteiger partial charge in [-0.15, -0.1) is 0 Å². The van der Waals surface area contributed by atoms with Crippen LogP contribution in [0.25, 0.3) is 0 Å². The molecule has 0 aromatic heterocycles. The summed E-state index contributed by atoms with van der Waals surface area (Å²) in [6, 6.07) is 29.1. The molecule has 8 rings (SSSR count). The molecule has 15 nitrogen and oxygen atoms in total. The molecule has 8 aromatic carbocycles. The van der Waals surface area contributed by atoms with Crippen molar-refractivity contribution < 1.29 is 180 Å². The number of sulfone groups is 2. The van der Waals surface area contributed by atoms with Crippen molar-refractivity contribution in [2.45, 2.75) is 71.8 Å². The smallest absolute Gasteiger partial charge is 0.744 e. The first kappa shape index (κ1) is 75.7. The zero-order valence-electron chi connectivity index (χ0n) is 47.6. The Hall–Kier alpha value is -6.04. The second-order valence-electron chi connectivity index (χ2n) is 18.6. The third-order valence-corrected chi connectivity index (χ3v) is 18.4. The number of halogens is 12. The largest absolute Gasteiger partial charge is 1.00 e. The Kier molecular flexibility index (Phi) is 24.5. The minimum Gasteiger partial charge on any atom is -0.744 e. The second-order valence-corrected chi connectivity index (χ2v) is 24.6. The van der Waals surface area contributed by atoms with Gasteiger partial charge in [0.25, 0.3) is 0 Å². The summed E-state index contributed by atoms with van der Waals surface area (Å²) in [5.74, 6) is -0.673. The maximum Gasteiger partial charge on any atom is 1.00 e. The van der Waals surface area contributed by atoms with Gasteiger partial charge in [0, 0.05) is 0 Å². The molecule has 0 saturated heterocycles. The third-order valence-electron chi connectivity index (χ3n) is 13.3. The quantitative estimate of drug-likeness (QED) is 0.0188. The first-order chi connectivity index (χ1) is 41.5. The number of aryl methyl sites for hydroxylation is 1. The van der Waals surface area contributed by atoms with Crippen LogP contribution >= 0.6 is 12.0 Å². The van der Waals surface area contributed by atoms with E-state index in [0.717, 1.165) is 72.8 Å². The van der Waals surface area contributed by atoms with Gasteiger partial charge in [-0.1, -0.05) is 66.2 Å². The third kappa shape index (κ3) is 16.0. The van der Waals surface area contributed by atoms with E-state index < -0.39 is 114 Å². The van der Waals surface area contributed by atoms with Crippen molar-refractivity contribution in [1.82, 2.24) is 0 Å². The van der Waals surface area contributed by atoms with Crippen LogP contribution in [0.4, 0.5) is 52.7 Å². The van der Waals surface area contributed by atoms with Gasteiger partial charge in [-0.3, -0.25) is 5.04 Å². The van der Waals surface area contributed by atoms with Crippen LogP contribution in [0.5, 0.6) is 40.2 Å². The number of rotatable bonds is 19. The number of hydrogen-bond acceptors (Lipinski definition) is 16. The van der Waals surface area contributed by atoms with E-state index in [0.29, 0.717) is 65.8 Å². The number of ether oxygens (including phenoxy) is 5. The molecule has 0 atom stereocenters. The van der Waals surface area contributed by atoms with Crippen molar-refractivity contribution in [2.24, 2.45) is 0 Å². The van der Waals surface area contributed by atoms with E-state index >= 15 is 0 Å². The molecule has 91 heavy (non-hydrogen) atoms. The topological polar surface area (TPSA) is 213 Å². The van der Waals surface area contributed by atoms with Crippen LogP contribution < -0.4 is 88.1 Å². The molecule has 0 unspecified atom stereocenters. The van der Waals surface area contributed by atoms with Crippen molar-refractivity contribution >= 4 is 41.8 Å². The van der Waals surface area contributed by atoms with Crippen LogP contribution in [0.15, 0.2) is 211 Å². The van der Waals surface area contributed by atoms with E-state index in [9.17, 15) is 87.7 Å². The van der Waals surface area contributed by atoms with E-state index in [1.165, 1.54) is 88.1 Å². The van der Waals surface area contributed by atoms with Crippen LogP contribution in [-0.2, 0) is 50.0 Å². The maximum atomic E-state index is 14.5. The summed E-state index contributed by atoms with van der Waals surface area (Å²) in [7, 11) is -10.1. The molecule has 0 aliphatic carbocycles. The summed E-state index contributed by atoms with van der Waals surface area (Å²) in [4.78, 5) is -2.49. The van der Waals surface area contributed by atoms with E-state index in [1.54, 1.807) is 6.92 Å². The Morgan fingerprint density at radius 1 is 0.385 bits per heavy atom. The van der Waals surface area contributed by atoms with E-state index in [4.69, 9.17) is 23.7 Å². The van der Waals surface area contributed by atoms with Crippen LogP contribution in [0.3, 0.4) is 0 Å². The van der Waals surface area contributed by atoms with Gasteiger partial charge >= 0.3 is 83.8 Å². The van der Waals surface area contributed by atoms with Gasteiger partial charge in [-0.05, 0) is 151 Å². The average molecular weight is 1380 g/mol. The molecule has 0 bridgehead atoms. The number of hydrogen-bond donors (Lipinski definition) is 0. The van der Waals surface area contributed by atoms with Gasteiger partial charge in [-0.25, -0.2) is 25.3 Å². The van der Waals surface area contributed by atoms with Crippen molar-refractivity contribution in [3.63, 3.8) is 0 Å². The Morgan fingerprint density at radius 3 is 1.04 bits per heavy atom. The van der Waals surface area contributed by atoms with Gasteiger partial charge in [0.1, 0.15) is 50.4 Å². The molecule has 0 radical (unpaired) electrons. The molecule has 8 aromatic rings. The SMILES string of the molecule is COc1ccc(C(c2ccc(Oc3ccc(S(=O)(=O)c4ccc(OC)c(SOO[O-])c4)cc3S(=O)(=O)[O-])cc2)(C(F)(F)F)C(F)(F)F)cc1.COc1ccc(S(=O)(=O)c2ccc(Oc3ccc(C(c4ccc(C)cc4)(C(F)(F)F)C(F)(F)F)cc3)cc2)cc1.[Na+].[Na+]. The predicted molar refractivity (Wildman–Crippen MR) is 289 cm³/mol. The number of methoxy groups -OCH3 is 3. The zero-order chi connectivity index (χ0) is 65.8. The number of benzene rings is 8. The van der Waals surface area contributed by atoms with Gasteiger partial charge in [0.2, 0.25) is 30.5 Å². The summed E-state index contributed by atoms with van der Waals surface area (Å²) < 4.78 is 291.